The maximum atomic E-state index is 12.9. The minimum absolute atomic E-state index is 0.0181. The summed E-state index contributed by atoms with van der Waals surface area (Å²) in [4.78, 5) is 16.9. The Balaban J connectivity index is 1.66. The number of carbonyl (C=O) groups excluding carboxylic acids is 1. The topological polar surface area (TPSA) is 42.0 Å². The molecule has 3 rings (SSSR count). The quantitative estimate of drug-likeness (QED) is 0.699. The van der Waals surface area contributed by atoms with Crippen molar-refractivity contribution in [2.45, 2.75) is 32.4 Å². The van der Waals surface area contributed by atoms with Gasteiger partial charge in [0.1, 0.15) is 5.75 Å². The zero-order valence-electron chi connectivity index (χ0n) is 17.1. The molecule has 1 fully saturated rings. The summed E-state index contributed by atoms with van der Waals surface area (Å²) in [6.45, 7) is 3.96. The molecule has 0 N–H and O–H groups in total. The van der Waals surface area contributed by atoms with Crippen molar-refractivity contribution in [3.05, 3.63) is 59.7 Å². The minimum Gasteiger partial charge on any atom is -0.484 e. The number of carbonyl (C=O) groups is 1. The van der Waals surface area contributed by atoms with Gasteiger partial charge >= 0.3 is 0 Å². The van der Waals surface area contributed by atoms with Crippen molar-refractivity contribution in [2.75, 3.05) is 38.8 Å². The molecule has 0 spiro atoms. The van der Waals surface area contributed by atoms with Crippen LogP contribution in [0.15, 0.2) is 48.5 Å². The number of nitrogens with zero attached hydrogens (tertiary/aromatic N) is 2. The molecule has 5 heteroatoms. The predicted molar refractivity (Wildman–Crippen MR) is 112 cm³/mol. The lowest BCUT2D eigenvalue weighted by Gasteiger charge is -2.26. The number of para-hydroxylation sites is 1. The van der Waals surface area contributed by atoms with E-state index in [4.69, 9.17) is 9.47 Å². The molecular formula is C23H30N2O3. The Bertz CT molecular complexity index is 768. The van der Waals surface area contributed by atoms with E-state index >= 15 is 0 Å². The molecule has 150 valence electrons. The fraction of sp³-hybridized carbons (Fsp3) is 0.435. The van der Waals surface area contributed by atoms with Crippen LogP contribution in [0.4, 0.5) is 5.69 Å². The maximum Gasteiger partial charge on any atom is 0.260 e. The van der Waals surface area contributed by atoms with Gasteiger partial charge in [0, 0.05) is 39.5 Å². The van der Waals surface area contributed by atoms with Gasteiger partial charge in [-0.3, -0.25) is 4.79 Å². The van der Waals surface area contributed by atoms with Crippen molar-refractivity contribution in [1.29, 1.82) is 0 Å². The van der Waals surface area contributed by atoms with Gasteiger partial charge in [-0.1, -0.05) is 30.3 Å². The molecule has 0 radical (unpaired) electrons. The van der Waals surface area contributed by atoms with Crippen LogP contribution in [0.25, 0.3) is 0 Å². The molecule has 5 nitrogen and oxygen atoms in total. The van der Waals surface area contributed by atoms with Gasteiger partial charge in [0.2, 0.25) is 0 Å². The van der Waals surface area contributed by atoms with Crippen LogP contribution < -0.4 is 9.64 Å². The normalized spacial score (nSPS) is 16.0. The van der Waals surface area contributed by atoms with Gasteiger partial charge in [0.05, 0.1) is 6.10 Å². The highest BCUT2D eigenvalue weighted by Crippen LogP contribution is 2.19. The van der Waals surface area contributed by atoms with Crippen molar-refractivity contribution < 1.29 is 14.3 Å². The van der Waals surface area contributed by atoms with Gasteiger partial charge in [-0.15, -0.1) is 0 Å². The monoisotopic (exact) mass is 382 g/mol. The van der Waals surface area contributed by atoms with Crippen molar-refractivity contribution >= 4 is 11.6 Å². The summed E-state index contributed by atoms with van der Waals surface area (Å²) in [7, 11) is 4.04. The molecule has 0 bridgehead atoms. The number of hydrogen-bond acceptors (Lipinski definition) is 4. The maximum absolute atomic E-state index is 12.9. The van der Waals surface area contributed by atoms with Crippen LogP contribution in [0.5, 0.6) is 5.75 Å². The van der Waals surface area contributed by atoms with Crippen LogP contribution in [0.1, 0.15) is 24.0 Å². The molecule has 1 amide bonds. The van der Waals surface area contributed by atoms with Crippen molar-refractivity contribution in [2.24, 2.45) is 0 Å². The Kier molecular flexibility index (Phi) is 6.93. The van der Waals surface area contributed by atoms with Crippen LogP contribution in [0, 0.1) is 6.92 Å². The van der Waals surface area contributed by atoms with Gasteiger partial charge in [0.15, 0.2) is 6.61 Å². The van der Waals surface area contributed by atoms with Gasteiger partial charge in [0.25, 0.3) is 5.91 Å². The first-order valence-corrected chi connectivity index (χ1v) is 9.87. The number of rotatable bonds is 8. The second-order valence-electron chi connectivity index (χ2n) is 7.52. The van der Waals surface area contributed by atoms with E-state index in [1.807, 2.05) is 50.2 Å². The second-order valence-corrected chi connectivity index (χ2v) is 7.52. The minimum atomic E-state index is -0.0181. The summed E-state index contributed by atoms with van der Waals surface area (Å²) in [5.74, 6) is 0.735. The highest BCUT2D eigenvalue weighted by Gasteiger charge is 2.23. The lowest BCUT2D eigenvalue weighted by molar-refractivity contribution is -0.135. The Morgan fingerprint density at radius 3 is 2.54 bits per heavy atom. The number of amides is 1. The van der Waals surface area contributed by atoms with Gasteiger partial charge < -0.3 is 19.3 Å². The highest BCUT2D eigenvalue weighted by atomic mass is 16.5. The van der Waals surface area contributed by atoms with Gasteiger partial charge in [-0.25, -0.2) is 0 Å². The molecule has 2 aromatic carbocycles. The summed E-state index contributed by atoms with van der Waals surface area (Å²) in [5.41, 5.74) is 3.27. The van der Waals surface area contributed by atoms with Gasteiger partial charge in [-0.2, -0.15) is 0 Å². The fourth-order valence-electron chi connectivity index (χ4n) is 3.36. The molecule has 28 heavy (non-hydrogen) atoms. The molecule has 0 unspecified atom stereocenters. The molecule has 0 saturated carbocycles. The average Bonchev–Trinajstić information content (AvgIpc) is 3.20. The molecule has 1 aliphatic rings. The van der Waals surface area contributed by atoms with Crippen molar-refractivity contribution in [3.8, 4) is 5.75 Å². The highest BCUT2D eigenvalue weighted by molar-refractivity contribution is 5.78. The third-order valence-electron chi connectivity index (χ3n) is 5.07. The first-order valence-electron chi connectivity index (χ1n) is 9.87. The fourth-order valence-corrected chi connectivity index (χ4v) is 3.36. The number of anilines is 1. The summed E-state index contributed by atoms with van der Waals surface area (Å²) in [5, 5.41) is 0. The van der Waals surface area contributed by atoms with E-state index < -0.39 is 0 Å². The Morgan fingerprint density at radius 2 is 1.89 bits per heavy atom. The molecule has 1 heterocycles. The summed E-state index contributed by atoms with van der Waals surface area (Å²) in [6, 6.07) is 16.1. The van der Waals surface area contributed by atoms with E-state index in [0.29, 0.717) is 13.1 Å². The van der Waals surface area contributed by atoms with E-state index in [0.717, 1.165) is 42.0 Å². The van der Waals surface area contributed by atoms with E-state index in [9.17, 15) is 4.79 Å². The van der Waals surface area contributed by atoms with Crippen LogP contribution in [-0.2, 0) is 16.1 Å². The van der Waals surface area contributed by atoms with Crippen LogP contribution in [0.2, 0.25) is 0 Å². The van der Waals surface area contributed by atoms with Crippen LogP contribution >= 0.6 is 0 Å². The first-order chi connectivity index (χ1) is 13.5. The van der Waals surface area contributed by atoms with E-state index in [-0.39, 0.29) is 18.6 Å². The number of ether oxygens (including phenoxy) is 2. The summed E-state index contributed by atoms with van der Waals surface area (Å²) < 4.78 is 11.6. The molecule has 1 aliphatic heterocycles. The van der Waals surface area contributed by atoms with Crippen molar-refractivity contribution in [3.63, 3.8) is 0 Å². The molecular weight excluding hydrogens is 352 g/mol. The zero-order chi connectivity index (χ0) is 19.9. The second kappa shape index (κ2) is 9.60. The zero-order valence-corrected chi connectivity index (χ0v) is 17.1. The smallest absolute Gasteiger partial charge is 0.260 e. The number of aryl methyl sites for hydroxylation is 1. The Morgan fingerprint density at radius 1 is 1.14 bits per heavy atom. The van der Waals surface area contributed by atoms with Crippen molar-refractivity contribution in [1.82, 2.24) is 4.90 Å². The molecule has 0 aliphatic carbocycles. The largest absolute Gasteiger partial charge is 0.484 e. The predicted octanol–water partition coefficient (Wildman–Crippen LogP) is 3.65. The van der Waals surface area contributed by atoms with E-state index in [1.165, 1.54) is 0 Å². The van der Waals surface area contributed by atoms with Crippen LogP contribution in [-0.4, -0.2) is 50.8 Å². The Hall–Kier alpha value is -2.53. The average molecular weight is 383 g/mol. The first kappa shape index (κ1) is 20.2. The molecule has 1 saturated heterocycles. The SMILES string of the molecule is Cc1ccccc1OCC(=O)N(Cc1ccc(N(C)C)cc1)C[C@H]1CCCO1. The molecule has 1 atom stereocenters. The summed E-state index contributed by atoms with van der Waals surface area (Å²) in [6.07, 6.45) is 2.18. The number of hydrogen-bond donors (Lipinski definition) is 0. The lowest BCUT2D eigenvalue weighted by Crippen LogP contribution is -2.39. The van der Waals surface area contributed by atoms with E-state index in [1.54, 1.807) is 0 Å². The Labute approximate surface area is 167 Å². The lowest BCUT2D eigenvalue weighted by atomic mass is 10.1. The third-order valence-corrected chi connectivity index (χ3v) is 5.07. The van der Waals surface area contributed by atoms with Crippen LogP contribution in [0.3, 0.4) is 0 Å². The number of benzene rings is 2. The van der Waals surface area contributed by atoms with E-state index in [2.05, 4.69) is 29.2 Å². The molecule has 2 aromatic rings. The summed E-state index contributed by atoms with van der Waals surface area (Å²) >= 11 is 0. The third kappa shape index (κ3) is 5.49. The van der Waals surface area contributed by atoms with Gasteiger partial charge in [-0.05, 0) is 49.1 Å². The molecule has 0 aromatic heterocycles. The standard InChI is InChI=1S/C23H30N2O3/c1-18-7-4-5-9-22(18)28-17-23(26)25(16-21-8-6-14-27-21)15-19-10-12-20(13-11-19)24(2)3/h4-5,7,9-13,21H,6,8,14-17H2,1-3H3/t21-/m1/s1.